The Morgan fingerprint density at radius 2 is 1.50 bits per heavy atom. The zero-order valence-corrected chi connectivity index (χ0v) is 5.90. The third kappa shape index (κ3) is 17.3. The Morgan fingerprint density at radius 3 is 1.50 bits per heavy atom. The summed E-state index contributed by atoms with van der Waals surface area (Å²) in [6.45, 7) is 5.33. The fraction of sp³-hybridized carbons (Fsp3) is 0.857. The second-order valence-electron chi connectivity index (χ2n) is 2.59. The summed E-state index contributed by atoms with van der Waals surface area (Å²) in [4.78, 5) is 9.44. The van der Waals surface area contributed by atoms with E-state index in [0.29, 0.717) is 0 Å². The third-order valence-electron chi connectivity index (χ3n) is 0.866. The average Bonchev–Trinajstić information content (AvgIpc) is 2.19. The summed E-state index contributed by atoms with van der Waals surface area (Å²) in [5.74, 6) is 1.25. The highest BCUT2D eigenvalue weighted by Crippen LogP contribution is 2.26. The van der Waals surface area contributed by atoms with E-state index in [9.17, 15) is 4.79 Å². The molecule has 0 amide bonds. The average molecular weight is 114 g/mol. The number of rotatable bonds is 0. The van der Waals surface area contributed by atoms with Gasteiger partial charge in [-0.25, -0.2) is 0 Å². The predicted molar refractivity (Wildman–Crippen MR) is 34.8 cm³/mol. The summed E-state index contributed by atoms with van der Waals surface area (Å²) < 4.78 is 0. The zero-order chi connectivity index (χ0) is 6.57. The Morgan fingerprint density at radius 1 is 1.38 bits per heavy atom. The van der Waals surface area contributed by atoms with Crippen LogP contribution in [0.1, 0.15) is 33.6 Å². The van der Waals surface area contributed by atoms with Crippen LogP contribution in [0.15, 0.2) is 0 Å². The van der Waals surface area contributed by atoms with Crippen LogP contribution in [0.5, 0.6) is 0 Å². The van der Waals surface area contributed by atoms with Crippen LogP contribution in [-0.4, -0.2) is 5.78 Å². The summed E-state index contributed by atoms with van der Waals surface area (Å²) >= 11 is 0. The fourth-order valence-corrected chi connectivity index (χ4v) is 0.167. The van der Waals surface area contributed by atoms with Gasteiger partial charge in [0, 0.05) is 0 Å². The topological polar surface area (TPSA) is 17.1 Å². The van der Waals surface area contributed by atoms with Crippen LogP contribution in [0, 0.1) is 5.92 Å². The zero-order valence-electron chi connectivity index (χ0n) is 5.90. The Hall–Kier alpha value is -0.330. The van der Waals surface area contributed by atoms with Crippen molar-refractivity contribution in [2.24, 2.45) is 5.92 Å². The Balaban J connectivity index is 0.000000122. The molecule has 1 heteroatoms. The van der Waals surface area contributed by atoms with E-state index in [0.717, 1.165) is 5.92 Å². The molecule has 0 saturated heterocycles. The number of Topliss-reactive ketones (excluding diaryl/α,β-unsaturated/α-hetero) is 1. The molecule has 48 valence electrons. The molecular weight excluding hydrogens is 100 g/mol. The van der Waals surface area contributed by atoms with Crippen molar-refractivity contribution < 1.29 is 4.79 Å². The standard InChI is InChI=1S/C4H8.C3H6O/c1-4-2-3-4;1-3(2)4/h4H,2-3H2,1H3;1-2H3. The summed E-state index contributed by atoms with van der Waals surface area (Å²) in [6, 6.07) is 0. The van der Waals surface area contributed by atoms with Crippen molar-refractivity contribution in [2.45, 2.75) is 33.6 Å². The molecule has 1 fully saturated rings. The van der Waals surface area contributed by atoms with Crippen LogP contribution in [0.3, 0.4) is 0 Å². The number of hydrogen-bond donors (Lipinski definition) is 0. The van der Waals surface area contributed by atoms with Gasteiger partial charge in [-0.3, -0.25) is 0 Å². The first kappa shape index (κ1) is 7.67. The van der Waals surface area contributed by atoms with E-state index in [2.05, 4.69) is 6.92 Å². The van der Waals surface area contributed by atoms with Gasteiger partial charge >= 0.3 is 0 Å². The summed E-state index contributed by atoms with van der Waals surface area (Å²) in [5.41, 5.74) is 0. The number of hydrogen-bond acceptors (Lipinski definition) is 1. The second-order valence-corrected chi connectivity index (χ2v) is 2.59. The Kier molecular flexibility index (Phi) is 3.49. The van der Waals surface area contributed by atoms with Gasteiger partial charge in [0.05, 0.1) is 0 Å². The van der Waals surface area contributed by atoms with Gasteiger partial charge in [0.2, 0.25) is 0 Å². The van der Waals surface area contributed by atoms with Gasteiger partial charge in [-0.1, -0.05) is 19.8 Å². The van der Waals surface area contributed by atoms with Gasteiger partial charge < -0.3 is 4.79 Å². The first-order chi connectivity index (χ1) is 3.63. The van der Waals surface area contributed by atoms with Crippen molar-refractivity contribution in [3.05, 3.63) is 0 Å². The molecule has 0 atom stereocenters. The van der Waals surface area contributed by atoms with Crippen molar-refractivity contribution in [3.8, 4) is 0 Å². The van der Waals surface area contributed by atoms with E-state index in [-0.39, 0.29) is 5.78 Å². The maximum absolute atomic E-state index is 9.44. The molecule has 0 spiro atoms. The molecule has 1 nitrogen and oxygen atoms in total. The minimum absolute atomic E-state index is 0.167. The minimum Gasteiger partial charge on any atom is -0.300 e. The molecule has 0 aromatic heterocycles. The van der Waals surface area contributed by atoms with Crippen LogP contribution >= 0.6 is 0 Å². The number of ketones is 1. The molecule has 1 saturated carbocycles. The Labute approximate surface area is 51.1 Å². The lowest BCUT2D eigenvalue weighted by molar-refractivity contribution is -0.114. The molecule has 0 aromatic rings. The lowest BCUT2D eigenvalue weighted by Crippen LogP contribution is -1.69. The highest BCUT2D eigenvalue weighted by molar-refractivity contribution is 5.72. The minimum atomic E-state index is 0.167. The van der Waals surface area contributed by atoms with Crippen molar-refractivity contribution in [1.29, 1.82) is 0 Å². The molecule has 0 radical (unpaired) electrons. The summed E-state index contributed by atoms with van der Waals surface area (Å²) in [6.07, 6.45) is 2.97. The highest BCUT2D eigenvalue weighted by Gasteiger charge is 2.12. The van der Waals surface area contributed by atoms with E-state index >= 15 is 0 Å². The maximum atomic E-state index is 9.44. The van der Waals surface area contributed by atoms with Gasteiger partial charge in [0.15, 0.2) is 0 Å². The molecule has 0 heterocycles. The SMILES string of the molecule is CC(C)=O.CC1CC1. The number of carbonyl (C=O) groups is 1. The van der Waals surface area contributed by atoms with Gasteiger partial charge in [0.1, 0.15) is 5.78 Å². The van der Waals surface area contributed by atoms with E-state index in [1.54, 1.807) is 0 Å². The molecule has 1 rings (SSSR count). The maximum Gasteiger partial charge on any atom is 0.126 e. The van der Waals surface area contributed by atoms with Crippen molar-refractivity contribution in [1.82, 2.24) is 0 Å². The van der Waals surface area contributed by atoms with Gasteiger partial charge in [-0.05, 0) is 19.8 Å². The van der Waals surface area contributed by atoms with Crippen LogP contribution in [0.2, 0.25) is 0 Å². The van der Waals surface area contributed by atoms with Crippen molar-refractivity contribution in [2.75, 3.05) is 0 Å². The van der Waals surface area contributed by atoms with Crippen molar-refractivity contribution in [3.63, 3.8) is 0 Å². The van der Waals surface area contributed by atoms with Gasteiger partial charge in [-0.2, -0.15) is 0 Å². The smallest absolute Gasteiger partial charge is 0.126 e. The summed E-state index contributed by atoms with van der Waals surface area (Å²) in [5, 5.41) is 0. The molecule has 0 aromatic carbocycles. The third-order valence-corrected chi connectivity index (χ3v) is 0.866. The first-order valence-electron chi connectivity index (χ1n) is 3.10. The van der Waals surface area contributed by atoms with E-state index < -0.39 is 0 Å². The van der Waals surface area contributed by atoms with Crippen LogP contribution in [-0.2, 0) is 4.79 Å². The first-order valence-corrected chi connectivity index (χ1v) is 3.10. The molecule has 0 bridgehead atoms. The fourth-order valence-electron chi connectivity index (χ4n) is 0.167. The van der Waals surface area contributed by atoms with Crippen LogP contribution < -0.4 is 0 Å². The predicted octanol–water partition coefficient (Wildman–Crippen LogP) is 2.01. The van der Waals surface area contributed by atoms with E-state index in [1.807, 2.05) is 0 Å². The molecule has 0 unspecified atom stereocenters. The lowest BCUT2D eigenvalue weighted by atomic mass is 10.5. The molecule has 0 aliphatic heterocycles. The van der Waals surface area contributed by atoms with Gasteiger partial charge in [-0.15, -0.1) is 0 Å². The molecule has 1 aliphatic rings. The molecular formula is C7H14O. The van der Waals surface area contributed by atoms with E-state index in [1.165, 1.54) is 26.7 Å². The lowest BCUT2D eigenvalue weighted by Gasteiger charge is -1.56. The van der Waals surface area contributed by atoms with Crippen molar-refractivity contribution >= 4 is 5.78 Å². The summed E-state index contributed by atoms with van der Waals surface area (Å²) in [7, 11) is 0. The normalized spacial score (nSPS) is 16.4. The number of carbonyl (C=O) groups excluding carboxylic acids is 1. The monoisotopic (exact) mass is 114 g/mol. The quantitative estimate of drug-likeness (QED) is 0.471. The highest BCUT2D eigenvalue weighted by atomic mass is 16.1. The second kappa shape index (κ2) is 3.65. The van der Waals surface area contributed by atoms with Crippen LogP contribution in [0.25, 0.3) is 0 Å². The van der Waals surface area contributed by atoms with Gasteiger partial charge in [0.25, 0.3) is 0 Å². The van der Waals surface area contributed by atoms with E-state index in [4.69, 9.17) is 0 Å². The molecule has 1 aliphatic carbocycles. The Bertz CT molecular complexity index is 68.5. The largest absolute Gasteiger partial charge is 0.300 e. The molecule has 8 heavy (non-hydrogen) atoms. The van der Waals surface area contributed by atoms with Crippen LogP contribution in [0.4, 0.5) is 0 Å². The molecule has 0 N–H and O–H groups in total.